The van der Waals surface area contributed by atoms with Gasteiger partial charge in [0.05, 0.1) is 0 Å². The van der Waals surface area contributed by atoms with E-state index in [9.17, 15) is 14.4 Å². The smallest absolute Gasteiger partial charge is 0.266 e. The van der Waals surface area contributed by atoms with Gasteiger partial charge in [-0.25, -0.2) is 4.39 Å². The summed E-state index contributed by atoms with van der Waals surface area (Å²) in [6.45, 7) is 0.548. The first-order valence-electron chi connectivity index (χ1n) is 9.44. The highest BCUT2D eigenvalue weighted by Crippen LogP contribution is 2.25. The molecule has 0 saturated carbocycles. The third kappa shape index (κ3) is 4.13. The lowest BCUT2D eigenvalue weighted by Gasteiger charge is -2.05. The number of aromatic nitrogens is 1. The van der Waals surface area contributed by atoms with Gasteiger partial charge in [0.2, 0.25) is 0 Å². The van der Waals surface area contributed by atoms with Crippen LogP contribution in [-0.2, 0) is 11.3 Å². The highest BCUT2D eigenvalue weighted by molar-refractivity contribution is 6.10. The second-order valence-corrected chi connectivity index (χ2v) is 6.85. The molecule has 0 aliphatic rings. The Bertz CT molecular complexity index is 1270. The molecule has 4 nitrogen and oxygen atoms in total. The Kier molecular flexibility index (Phi) is 5.40. The van der Waals surface area contributed by atoms with Crippen molar-refractivity contribution in [3.05, 3.63) is 108 Å². The van der Waals surface area contributed by atoms with Crippen LogP contribution < -0.4 is 5.32 Å². The molecule has 0 atom stereocenters. The van der Waals surface area contributed by atoms with Crippen LogP contribution in [0.1, 0.15) is 11.1 Å². The lowest BCUT2D eigenvalue weighted by Crippen LogP contribution is -2.13. The zero-order valence-corrected chi connectivity index (χ0v) is 16.0. The van der Waals surface area contributed by atoms with Gasteiger partial charge >= 0.3 is 0 Å². The Morgan fingerprint density at radius 3 is 2.43 bits per heavy atom. The second-order valence-electron chi connectivity index (χ2n) is 6.85. The number of para-hydroxylation sites is 2. The first kappa shape index (κ1) is 19.2. The summed E-state index contributed by atoms with van der Waals surface area (Å²) in [7, 11) is 0. The molecule has 4 rings (SSSR count). The number of nitriles is 1. The van der Waals surface area contributed by atoms with E-state index < -0.39 is 5.91 Å². The number of amides is 1. The van der Waals surface area contributed by atoms with Crippen molar-refractivity contribution < 1.29 is 9.18 Å². The predicted molar refractivity (Wildman–Crippen MR) is 116 cm³/mol. The predicted octanol–water partition coefficient (Wildman–Crippen LogP) is 5.37. The molecular weight excluding hydrogens is 377 g/mol. The zero-order chi connectivity index (χ0) is 20.9. The van der Waals surface area contributed by atoms with Gasteiger partial charge in [-0.15, -0.1) is 0 Å². The van der Waals surface area contributed by atoms with Gasteiger partial charge in [-0.2, -0.15) is 5.26 Å². The minimum atomic E-state index is -0.459. The molecular formula is C25H18FN3O. The summed E-state index contributed by atoms with van der Waals surface area (Å²) in [5.74, 6) is -0.734. The van der Waals surface area contributed by atoms with Gasteiger partial charge in [0.15, 0.2) is 0 Å². The lowest BCUT2D eigenvalue weighted by molar-refractivity contribution is -0.112. The minimum absolute atomic E-state index is 0.0172. The quantitative estimate of drug-likeness (QED) is 0.365. The molecule has 146 valence electrons. The van der Waals surface area contributed by atoms with E-state index in [1.807, 2.05) is 59.3 Å². The van der Waals surface area contributed by atoms with E-state index in [1.165, 1.54) is 12.1 Å². The van der Waals surface area contributed by atoms with Crippen molar-refractivity contribution in [2.24, 2.45) is 0 Å². The van der Waals surface area contributed by atoms with E-state index in [-0.39, 0.29) is 11.4 Å². The van der Waals surface area contributed by atoms with Gasteiger partial charge in [0.1, 0.15) is 17.5 Å². The molecule has 30 heavy (non-hydrogen) atoms. The number of nitrogens with one attached hydrogen (secondary N) is 1. The van der Waals surface area contributed by atoms with Crippen LogP contribution in [0.25, 0.3) is 17.0 Å². The van der Waals surface area contributed by atoms with E-state index >= 15 is 0 Å². The summed E-state index contributed by atoms with van der Waals surface area (Å²) in [4.78, 5) is 12.6. The number of carbonyl (C=O) groups excluding carboxylic acids is 1. The van der Waals surface area contributed by atoms with E-state index in [0.29, 0.717) is 12.2 Å². The Balaban J connectivity index is 1.68. The van der Waals surface area contributed by atoms with Crippen LogP contribution in [0.5, 0.6) is 0 Å². The molecule has 0 unspecified atom stereocenters. The van der Waals surface area contributed by atoms with E-state index in [2.05, 4.69) is 5.32 Å². The standard InChI is InChI=1S/C25H18FN3O/c26-21-12-10-18(11-13-21)16-29-17-20(23-8-4-5-9-24(23)29)14-19(15-27)25(30)28-22-6-2-1-3-7-22/h1-14,17H,16H2,(H,28,30)/b19-14+. The SMILES string of the molecule is N#C/C(=C\c1cn(Cc2ccc(F)cc2)c2ccccc12)C(=O)Nc1ccccc1. The molecule has 0 fully saturated rings. The van der Waals surface area contributed by atoms with Crippen molar-refractivity contribution >= 4 is 28.6 Å². The van der Waals surface area contributed by atoms with Gasteiger partial charge in [-0.3, -0.25) is 4.79 Å². The Labute approximate surface area is 173 Å². The van der Waals surface area contributed by atoms with Crippen molar-refractivity contribution in [3.8, 4) is 6.07 Å². The second kappa shape index (κ2) is 8.46. The van der Waals surface area contributed by atoms with E-state index in [4.69, 9.17) is 0 Å². The molecule has 0 spiro atoms. The third-order valence-electron chi connectivity index (χ3n) is 4.78. The summed E-state index contributed by atoms with van der Waals surface area (Å²) in [6.07, 6.45) is 3.50. The van der Waals surface area contributed by atoms with Crippen molar-refractivity contribution in [2.75, 3.05) is 5.32 Å². The summed E-state index contributed by atoms with van der Waals surface area (Å²) >= 11 is 0. The number of carbonyl (C=O) groups is 1. The normalized spacial score (nSPS) is 11.3. The minimum Gasteiger partial charge on any atom is -0.342 e. The maximum Gasteiger partial charge on any atom is 0.266 e. The van der Waals surface area contributed by atoms with Crippen molar-refractivity contribution in [2.45, 2.75) is 6.54 Å². The molecule has 1 N–H and O–H groups in total. The van der Waals surface area contributed by atoms with Gasteiger partial charge in [0, 0.05) is 34.9 Å². The van der Waals surface area contributed by atoms with Crippen LogP contribution in [0.3, 0.4) is 0 Å². The van der Waals surface area contributed by atoms with Crippen LogP contribution in [0.2, 0.25) is 0 Å². The molecule has 0 saturated heterocycles. The van der Waals surface area contributed by atoms with Gasteiger partial charge in [0.25, 0.3) is 5.91 Å². The Morgan fingerprint density at radius 2 is 1.70 bits per heavy atom. The van der Waals surface area contributed by atoms with Crippen molar-refractivity contribution in [1.82, 2.24) is 4.57 Å². The molecule has 0 aliphatic heterocycles. The first-order chi connectivity index (χ1) is 14.6. The van der Waals surface area contributed by atoms with E-state index in [1.54, 1.807) is 30.3 Å². The average molecular weight is 395 g/mol. The first-order valence-corrected chi connectivity index (χ1v) is 9.44. The van der Waals surface area contributed by atoms with Crippen molar-refractivity contribution in [1.29, 1.82) is 5.26 Å². The molecule has 0 aliphatic carbocycles. The fourth-order valence-corrected chi connectivity index (χ4v) is 3.33. The fraction of sp³-hybridized carbons (Fsp3) is 0.0400. The Morgan fingerprint density at radius 1 is 1.00 bits per heavy atom. The van der Waals surface area contributed by atoms with E-state index in [0.717, 1.165) is 22.0 Å². The van der Waals surface area contributed by atoms with Crippen LogP contribution in [-0.4, -0.2) is 10.5 Å². The zero-order valence-electron chi connectivity index (χ0n) is 16.0. The van der Waals surface area contributed by atoms with Gasteiger partial charge in [-0.05, 0) is 42.0 Å². The average Bonchev–Trinajstić information content (AvgIpc) is 3.11. The topological polar surface area (TPSA) is 57.8 Å². The number of fused-ring (bicyclic) bond motifs is 1. The van der Waals surface area contributed by atoms with Crippen LogP contribution in [0.4, 0.5) is 10.1 Å². The summed E-state index contributed by atoms with van der Waals surface area (Å²) < 4.78 is 15.2. The number of halogens is 1. The molecule has 5 heteroatoms. The molecule has 1 amide bonds. The van der Waals surface area contributed by atoms with Crippen molar-refractivity contribution in [3.63, 3.8) is 0 Å². The molecule has 0 bridgehead atoms. The van der Waals surface area contributed by atoms with Crippen LogP contribution in [0.15, 0.2) is 90.6 Å². The number of rotatable bonds is 5. The third-order valence-corrected chi connectivity index (χ3v) is 4.78. The molecule has 1 heterocycles. The molecule has 4 aromatic rings. The fourth-order valence-electron chi connectivity index (χ4n) is 3.33. The molecule has 1 aromatic heterocycles. The monoisotopic (exact) mass is 395 g/mol. The lowest BCUT2D eigenvalue weighted by atomic mass is 10.1. The maximum atomic E-state index is 13.2. The molecule has 0 radical (unpaired) electrons. The highest BCUT2D eigenvalue weighted by atomic mass is 19.1. The number of hydrogen-bond acceptors (Lipinski definition) is 2. The number of hydrogen-bond donors (Lipinski definition) is 1. The van der Waals surface area contributed by atoms with Gasteiger partial charge in [-0.1, -0.05) is 48.5 Å². The summed E-state index contributed by atoms with van der Waals surface area (Å²) in [6, 6.07) is 25.1. The highest BCUT2D eigenvalue weighted by Gasteiger charge is 2.13. The summed E-state index contributed by atoms with van der Waals surface area (Å²) in [5.41, 5.74) is 3.34. The number of nitrogens with zero attached hydrogens (tertiary/aromatic N) is 2. The van der Waals surface area contributed by atoms with Crippen LogP contribution in [0, 0.1) is 17.1 Å². The maximum absolute atomic E-state index is 13.2. The number of benzene rings is 3. The largest absolute Gasteiger partial charge is 0.342 e. The van der Waals surface area contributed by atoms with Crippen LogP contribution >= 0.6 is 0 Å². The molecule has 3 aromatic carbocycles. The van der Waals surface area contributed by atoms with Gasteiger partial charge < -0.3 is 9.88 Å². The summed E-state index contributed by atoms with van der Waals surface area (Å²) in [5, 5.41) is 13.2. The Hall–Kier alpha value is -4.17. The number of anilines is 1.